The number of methoxy groups -OCH3 is 1. The van der Waals surface area contributed by atoms with Gasteiger partial charge in [0.1, 0.15) is 0 Å². The summed E-state index contributed by atoms with van der Waals surface area (Å²) in [6, 6.07) is 8.13. The van der Waals surface area contributed by atoms with Crippen LogP contribution in [0.25, 0.3) is 0 Å². The van der Waals surface area contributed by atoms with E-state index in [0.29, 0.717) is 18.2 Å². The standard InChI is InChI=1S/C15H18N2O2S/c1-3-13(14-5-4-8-20-14)17-10-12-7-6-11(9-16-12)15(18)19-2/h4-9,13,17H,3,10H2,1-2H3. The van der Waals surface area contributed by atoms with Crippen molar-refractivity contribution in [1.29, 1.82) is 0 Å². The van der Waals surface area contributed by atoms with Gasteiger partial charge in [-0.3, -0.25) is 4.98 Å². The van der Waals surface area contributed by atoms with Gasteiger partial charge in [0, 0.05) is 23.7 Å². The van der Waals surface area contributed by atoms with Crippen LogP contribution in [0.5, 0.6) is 0 Å². The fraction of sp³-hybridized carbons (Fsp3) is 0.333. The highest BCUT2D eigenvalue weighted by atomic mass is 32.1. The van der Waals surface area contributed by atoms with Crippen LogP contribution < -0.4 is 5.32 Å². The molecule has 2 aromatic heterocycles. The molecule has 0 fully saturated rings. The molecule has 2 aromatic rings. The summed E-state index contributed by atoms with van der Waals surface area (Å²) in [6.07, 6.45) is 2.58. The van der Waals surface area contributed by atoms with Gasteiger partial charge in [0.25, 0.3) is 0 Å². The molecule has 0 saturated heterocycles. The van der Waals surface area contributed by atoms with E-state index in [1.165, 1.54) is 12.0 Å². The minimum absolute atomic E-state index is 0.345. The molecular weight excluding hydrogens is 272 g/mol. The van der Waals surface area contributed by atoms with Crippen LogP contribution in [0.3, 0.4) is 0 Å². The Morgan fingerprint density at radius 3 is 2.85 bits per heavy atom. The number of nitrogens with zero attached hydrogens (tertiary/aromatic N) is 1. The van der Waals surface area contributed by atoms with Crippen molar-refractivity contribution in [2.75, 3.05) is 7.11 Å². The number of ether oxygens (including phenoxy) is 1. The number of hydrogen-bond acceptors (Lipinski definition) is 5. The Balaban J connectivity index is 1.95. The molecule has 1 atom stereocenters. The first-order valence-electron chi connectivity index (χ1n) is 6.54. The summed E-state index contributed by atoms with van der Waals surface area (Å²) in [5.41, 5.74) is 1.38. The van der Waals surface area contributed by atoms with Gasteiger partial charge >= 0.3 is 5.97 Å². The van der Waals surface area contributed by atoms with Crippen LogP contribution in [-0.2, 0) is 11.3 Å². The van der Waals surface area contributed by atoms with E-state index in [0.717, 1.165) is 12.1 Å². The molecule has 0 aliphatic heterocycles. The lowest BCUT2D eigenvalue weighted by molar-refractivity contribution is 0.0600. The Morgan fingerprint density at radius 2 is 2.30 bits per heavy atom. The number of carbonyl (C=O) groups excluding carboxylic acids is 1. The predicted octanol–water partition coefficient (Wildman–Crippen LogP) is 3.17. The van der Waals surface area contributed by atoms with E-state index in [1.807, 2.05) is 6.07 Å². The second-order valence-corrected chi connectivity index (χ2v) is 5.37. The normalized spacial score (nSPS) is 12.1. The van der Waals surface area contributed by atoms with Crippen molar-refractivity contribution in [3.63, 3.8) is 0 Å². The summed E-state index contributed by atoms with van der Waals surface area (Å²) in [4.78, 5) is 16.9. The van der Waals surface area contributed by atoms with Crippen LogP contribution in [0.15, 0.2) is 35.8 Å². The Kier molecular flexibility index (Phi) is 5.26. The van der Waals surface area contributed by atoms with Crippen molar-refractivity contribution in [2.24, 2.45) is 0 Å². The Labute approximate surface area is 122 Å². The van der Waals surface area contributed by atoms with Crippen LogP contribution >= 0.6 is 11.3 Å². The highest BCUT2D eigenvalue weighted by molar-refractivity contribution is 7.10. The average Bonchev–Trinajstić information content (AvgIpc) is 3.02. The van der Waals surface area contributed by atoms with E-state index in [9.17, 15) is 4.79 Å². The number of rotatable bonds is 6. The molecule has 2 rings (SSSR count). The molecular formula is C15H18N2O2S. The van der Waals surface area contributed by atoms with Crippen LogP contribution in [0.4, 0.5) is 0 Å². The van der Waals surface area contributed by atoms with Gasteiger partial charge in [0.15, 0.2) is 0 Å². The molecule has 0 spiro atoms. The zero-order valence-corrected chi connectivity index (χ0v) is 12.4. The molecule has 0 aliphatic rings. The first kappa shape index (κ1) is 14.7. The maximum Gasteiger partial charge on any atom is 0.339 e. The number of esters is 1. The molecule has 0 amide bonds. The van der Waals surface area contributed by atoms with Crippen molar-refractivity contribution < 1.29 is 9.53 Å². The molecule has 2 heterocycles. The summed E-state index contributed by atoms with van der Waals surface area (Å²) < 4.78 is 4.65. The number of hydrogen-bond donors (Lipinski definition) is 1. The quantitative estimate of drug-likeness (QED) is 0.830. The molecule has 4 nitrogen and oxygen atoms in total. The topological polar surface area (TPSA) is 51.2 Å². The van der Waals surface area contributed by atoms with E-state index in [2.05, 4.69) is 39.5 Å². The number of pyridine rings is 1. The second-order valence-electron chi connectivity index (χ2n) is 4.39. The van der Waals surface area contributed by atoms with Crippen molar-refractivity contribution in [3.05, 3.63) is 52.0 Å². The van der Waals surface area contributed by atoms with Gasteiger partial charge in [-0.1, -0.05) is 13.0 Å². The summed E-state index contributed by atoms with van der Waals surface area (Å²) in [5, 5.41) is 5.57. The summed E-state index contributed by atoms with van der Waals surface area (Å²) in [5.74, 6) is -0.359. The molecule has 106 valence electrons. The summed E-state index contributed by atoms with van der Waals surface area (Å²) in [6.45, 7) is 2.84. The SMILES string of the molecule is CCC(NCc1ccc(C(=O)OC)cn1)c1cccs1. The van der Waals surface area contributed by atoms with Crippen LogP contribution in [0, 0.1) is 0 Å². The van der Waals surface area contributed by atoms with Gasteiger partial charge in [0.05, 0.1) is 18.4 Å². The maximum atomic E-state index is 11.3. The summed E-state index contributed by atoms with van der Waals surface area (Å²) in [7, 11) is 1.37. The van der Waals surface area contributed by atoms with E-state index in [4.69, 9.17) is 0 Å². The number of thiophene rings is 1. The molecule has 1 N–H and O–H groups in total. The predicted molar refractivity (Wildman–Crippen MR) is 79.8 cm³/mol. The number of aromatic nitrogens is 1. The Bertz CT molecular complexity index is 538. The Hall–Kier alpha value is -1.72. The smallest absolute Gasteiger partial charge is 0.339 e. The van der Waals surface area contributed by atoms with Gasteiger partial charge in [-0.25, -0.2) is 4.79 Å². The van der Waals surface area contributed by atoms with Gasteiger partial charge in [-0.2, -0.15) is 0 Å². The second kappa shape index (κ2) is 7.17. The molecule has 0 aromatic carbocycles. The van der Waals surface area contributed by atoms with Crippen molar-refractivity contribution in [3.8, 4) is 0 Å². The van der Waals surface area contributed by atoms with Gasteiger partial charge in [0.2, 0.25) is 0 Å². The van der Waals surface area contributed by atoms with Crippen molar-refractivity contribution in [2.45, 2.75) is 25.9 Å². The van der Waals surface area contributed by atoms with E-state index >= 15 is 0 Å². The number of carbonyl (C=O) groups is 1. The third-order valence-electron chi connectivity index (χ3n) is 3.07. The van der Waals surface area contributed by atoms with E-state index in [1.54, 1.807) is 23.6 Å². The molecule has 5 heteroatoms. The molecule has 0 saturated carbocycles. The highest BCUT2D eigenvalue weighted by Gasteiger charge is 2.10. The Morgan fingerprint density at radius 1 is 1.45 bits per heavy atom. The van der Waals surface area contributed by atoms with Crippen molar-refractivity contribution in [1.82, 2.24) is 10.3 Å². The maximum absolute atomic E-state index is 11.3. The first-order valence-corrected chi connectivity index (χ1v) is 7.42. The lowest BCUT2D eigenvalue weighted by Crippen LogP contribution is -2.20. The lowest BCUT2D eigenvalue weighted by atomic mass is 10.2. The zero-order chi connectivity index (χ0) is 14.4. The monoisotopic (exact) mass is 290 g/mol. The van der Waals surface area contributed by atoms with Gasteiger partial charge in [-0.05, 0) is 30.0 Å². The fourth-order valence-corrected chi connectivity index (χ4v) is 2.82. The largest absolute Gasteiger partial charge is 0.465 e. The highest BCUT2D eigenvalue weighted by Crippen LogP contribution is 2.21. The summed E-state index contributed by atoms with van der Waals surface area (Å²) >= 11 is 1.76. The molecule has 0 aliphatic carbocycles. The third-order valence-corrected chi connectivity index (χ3v) is 4.06. The first-order chi connectivity index (χ1) is 9.74. The minimum atomic E-state index is -0.359. The fourth-order valence-electron chi connectivity index (χ4n) is 1.93. The van der Waals surface area contributed by atoms with Crippen LogP contribution in [0.2, 0.25) is 0 Å². The minimum Gasteiger partial charge on any atom is -0.465 e. The zero-order valence-electron chi connectivity index (χ0n) is 11.6. The van der Waals surface area contributed by atoms with Gasteiger partial charge < -0.3 is 10.1 Å². The van der Waals surface area contributed by atoms with Gasteiger partial charge in [-0.15, -0.1) is 11.3 Å². The van der Waals surface area contributed by atoms with Crippen molar-refractivity contribution >= 4 is 17.3 Å². The molecule has 20 heavy (non-hydrogen) atoms. The lowest BCUT2D eigenvalue weighted by Gasteiger charge is -2.15. The third kappa shape index (κ3) is 3.65. The number of nitrogens with one attached hydrogen (secondary N) is 1. The molecule has 1 unspecified atom stereocenters. The average molecular weight is 290 g/mol. The van der Waals surface area contributed by atoms with Crippen LogP contribution in [0.1, 0.15) is 40.3 Å². The molecule has 0 radical (unpaired) electrons. The van der Waals surface area contributed by atoms with Crippen LogP contribution in [-0.4, -0.2) is 18.1 Å². The molecule has 0 bridgehead atoms. The van der Waals surface area contributed by atoms with E-state index in [-0.39, 0.29) is 5.97 Å². The van der Waals surface area contributed by atoms with E-state index < -0.39 is 0 Å².